The molecule has 12 heteroatoms. The lowest BCUT2D eigenvalue weighted by molar-refractivity contribution is 0.102. The zero-order valence-electron chi connectivity index (χ0n) is 22.5. The molecule has 1 fully saturated rings. The summed E-state index contributed by atoms with van der Waals surface area (Å²) < 4.78 is 11.0. The summed E-state index contributed by atoms with van der Waals surface area (Å²) in [4.78, 5) is 33.6. The third-order valence-corrected chi connectivity index (χ3v) is 7.39. The molecule has 5 aromatic rings. The second-order valence-corrected chi connectivity index (χ2v) is 9.84. The Kier molecular flexibility index (Phi) is 7.21. The van der Waals surface area contributed by atoms with Crippen molar-refractivity contribution in [2.75, 3.05) is 55.9 Å². The fourth-order valence-electron chi connectivity index (χ4n) is 4.92. The summed E-state index contributed by atoms with van der Waals surface area (Å²) in [5, 5.41) is 8.60. The van der Waals surface area contributed by atoms with Gasteiger partial charge in [0.25, 0.3) is 5.91 Å². The van der Waals surface area contributed by atoms with Gasteiger partial charge in [-0.25, -0.2) is 15.0 Å². The average molecular weight is 569 g/mol. The van der Waals surface area contributed by atoms with Crippen molar-refractivity contribution < 1.29 is 14.3 Å². The monoisotopic (exact) mass is 568 g/mol. The Labute approximate surface area is 241 Å². The number of hydrogen-bond donors (Lipinski definition) is 3. The molecule has 3 aromatic heterocycles. The predicted molar refractivity (Wildman–Crippen MR) is 163 cm³/mol. The highest BCUT2D eigenvalue weighted by Crippen LogP contribution is 2.38. The van der Waals surface area contributed by atoms with Crippen molar-refractivity contribution in [2.45, 2.75) is 0 Å². The van der Waals surface area contributed by atoms with Crippen LogP contribution >= 0.6 is 12.2 Å². The highest BCUT2D eigenvalue weighted by Gasteiger charge is 2.24. The summed E-state index contributed by atoms with van der Waals surface area (Å²) >= 11 is 5.70. The van der Waals surface area contributed by atoms with Crippen LogP contribution in [0.5, 0.6) is 11.5 Å². The van der Waals surface area contributed by atoms with Crippen LogP contribution in [0.1, 0.15) is 10.4 Å². The molecule has 6 rings (SSSR count). The Bertz CT molecular complexity index is 1720. The first-order chi connectivity index (χ1) is 20.0. The number of benzene rings is 2. The number of amides is 1. The van der Waals surface area contributed by atoms with Gasteiger partial charge in [-0.1, -0.05) is 18.2 Å². The first kappa shape index (κ1) is 26.3. The fraction of sp³-hybridized carbons (Fsp3) is 0.207. The number of nitrogens with one attached hydrogen (secondary N) is 3. The standard InChI is InChI=1S/C29H28N8O3S/c1-39-22-14-20-21(15-23(22)40-2)34-26-25(20)27(32-17-31-26)36-10-12-37(13-11-36)29(41)33-19-8-9-24(30-16-19)35-28(38)18-6-4-3-5-7-18/h3-9,14-17H,10-13H2,1-2H3,(H,33,41)(H,30,35,38)(H,31,32,34). The van der Waals surface area contributed by atoms with Crippen LogP contribution in [-0.2, 0) is 0 Å². The minimum atomic E-state index is -0.209. The van der Waals surface area contributed by atoms with Gasteiger partial charge in [0.2, 0.25) is 0 Å². The van der Waals surface area contributed by atoms with Gasteiger partial charge in [0.1, 0.15) is 23.6 Å². The Morgan fingerprint density at radius 1 is 0.927 bits per heavy atom. The first-order valence-corrected chi connectivity index (χ1v) is 13.5. The van der Waals surface area contributed by atoms with Gasteiger partial charge < -0.3 is 34.9 Å². The maximum absolute atomic E-state index is 12.4. The smallest absolute Gasteiger partial charge is 0.256 e. The van der Waals surface area contributed by atoms with Crippen LogP contribution in [0, 0.1) is 0 Å². The predicted octanol–water partition coefficient (Wildman–Crippen LogP) is 4.29. The molecule has 4 heterocycles. The van der Waals surface area contributed by atoms with E-state index in [2.05, 4.69) is 40.4 Å². The van der Waals surface area contributed by atoms with Gasteiger partial charge in [-0.05, 0) is 42.5 Å². The number of hydrogen-bond acceptors (Lipinski definition) is 8. The molecular formula is C29H28N8O3S. The van der Waals surface area contributed by atoms with Crippen LogP contribution in [0.2, 0.25) is 0 Å². The topological polar surface area (TPSA) is 121 Å². The lowest BCUT2D eigenvalue weighted by Crippen LogP contribution is -2.50. The molecular weight excluding hydrogens is 540 g/mol. The van der Waals surface area contributed by atoms with Crippen LogP contribution in [0.25, 0.3) is 21.9 Å². The summed E-state index contributed by atoms with van der Waals surface area (Å²) in [5.74, 6) is 2.42. The molecule has 41 heavy (non-hydrogen) atoms. The van der Waals surface area contributed by atoms with E-state index < -0.39 is 0 Å². The second-order valence-electron chi connectivity index (χ2n) is 9.46. The quantitative estimate of drug-likeness (QED) is 0.256. The van der Waals surface area contributed by atoms with Crippen molar-refractivity contribution in [1.82, 2.24) is 24.8 Å². The lowest BCUT2D eigenvalue weighted by atomic mass is 10.1. The maximum Gasteiger partial charge on any atom is 0.256 e. The molecule has 2 aromatic carbocycles. The molecule has 0 atom stereocenters. The summed E-state index contributed by atoms with van der Waals surface area (Å²) in [7, 11) is 3.24. The molecule has 0 saturated carbocycles. The molecule has 0 unspecified atom stereocenters. The van der Waals surface area contributed by atoms with Gasteiger partial charge in [-0.15, -0.1) is 0 Å². The maximum atomic E-state index is 12.4. The average Bonchev–Trinajstić information content (AvgIpc) is 3.39. The summed E-state index contributed by atoms with van der Waals surface area (Å²) in [6.07, 6.45) is 3.24. The summed E-state index contributed by atoms with van der Waals surface area (Å²) in [6, 6.07) is 16.5. The number of carbonyl (C=O) groups excluding carboxylic acids is 1. The van der Waals surface area contributed by atoms with Crippen LogP contribution in [-0.4, -0.2) is 76.3 Å². The van der Waals surface area contributed by atoms with Crippen LogP contribution in [0.4, 0.5) is 17.3 Å². The second kappa shape index (κ2) is 11.3. The van der Waals surface area contributed by atoms with E-state index in [1.807, 2.05) is 36.4 Å². The number of rotatable bonds is 6. The molecule has 11 nitrogen and oxygen atoms in total. The number of nitrogens with zero attached hydrogens (tertiary/aromatic N) is 5. The molecule has 1 aliphatic rings. The minimum absolute atomic E-state index is 0.209. The van der Waals surface area contributed by atoms with Gasteiger partial charge in [0, 0.05) is 43.2 Å². The number of ether oxygens (including phenoxy) is 2. The third kappa shape index (κ3) is 5.29. The van der Waals surface area contributed by atoms with E-state index in [0.717, 1.165) is 59.6 Å². The number of aromatic nitrogens is 4. The van der Waals surface area contributed by atoms with Crippen LogP contribution in [0.3, 0.4) is 0 Å². The number of fused-ring (bicyclic) bond motifs is 3. The van der Waals surface area contributed by atoms with E-state index in [-0.39, 0.29) is 5.91 Å². The number of pyridine rings is 1. The number of thiocarbonyl (C=S) groups is 1. The van der Waals surface area contributed by atoms with Crippen molar-refractivity contribution in [3.8, 4) is 11.5 Å². The van der Waals surface area contributed by atoms with Gasteiger partial charge in [0.05, 0.1) is 37.0 Å². The van der Waals surface area contributed by atoms with E-state index in [1.54, 1.807) is 44.9 Å². The number of anilines is 3. The minimum Gasteiger partial charge on any atom is -0.493 e. The molecule has 0 bridgehead atoms. The number of H-pyrrole nitrogens is 1. The molecule has 1 amide bonds. The Morgan fingerprint density at radius 2 is 1.68 bits per heavy atom. The SMILES string of the molecule is COc1cc2[nH]c3ncnc(N4CCN(C(=S)Nc5ccc(NC(=O)c6ccccc6)nc5)CC4)c3c2cc1OC. The molecule has 0 radical (unpaired) electrons. The molecule has 0 spiro atoms. The zero-order chi connectivity index (χ0) is 28.3. The van der Waals surface area contributed by atoms with Crippen LogP contribution in [0.15, 0.2) is 67.1 Å². The highest BCUT2D eigenvalue weighted by atomic mass is 32.1. The number of carbonyl (C=O) groups is 1. The van der Waals surface area contributed by atoms with Crippen molar-refractivity contribution >= 4 is 62.5 Å². The Hall–Kier alpha value is -4.97. The zero-order valence-corrected chi connectivity index (χ0v) is 23.4. The van der Waals surface area contributed by atoms with Gasteiger partial charge in [-0.2, -0.15) is 0 Å². The first-order valence-electron chi connectivity index (χ1n) is 13.1. The molecule has 1 aliphatic heterocycles. The highest BCUT2D eigenvalue weighted by molar-refractivity contribution is 7.80. The Morgan fingerprint density at radius 3 is 2.39 bits per heavy atom. The lowest BCUT2D eigenvalue weighted by Gasteiger charge is -2.37. The summed E-state index contributed by atoms with van der Waals surface area (Å²) in [6.45, 7) is 2.90. The normalized spacial score (nSPS) is 13.3. The summed E-state index contributed by atoms with van der Waals surface area (Å²) in [5.41, 5.74) is 2.98. The molecule has 3 N–H and O–H groups in total. The molecule has 208 valence electrons. The number of aromatic amines is 1. The third-order valence-electron chi connectivity index (χ3n) is 7.03. The van der Waals surface area contributed by atoms with E-state index in [4.69, 9.17) is 21.7 Å². The van der Waals surface area contributed by atoms with E-state index in [9.17, 15) is 4.79 Å². The van der Waals surface area contributed by atoms with Gasteiger partial charge >= 0.3 is 0 Å². The molecule has 1 saturated heterocycles. The van der Waals surface area contributed by atoms with Crippen LogP contribution < -0.4 is 25.0 Å². The van der Waals surface area contributed by atoms with Crippen molar-refractivity contribution in [2.24, 2.45) is 0 Å². The fourth-order valence-corrected chi connectivity index (χ4v) is 5.22. The van der Waals surface area contributed by atoms with E-state index in [0.29, 0.717) is 28.0 Å². The Balaban J connectivity index is 1.11. The van der Waals surface area contributed by atoms with Crippen molar-refractivity contribution in [3.63, 3.8) is 0 Å². The van der Waals surface area contributed by atoms with Crippen molar-refractivity contribution in [1.29, 1.82) is 0 Å². The van der Waals surface area contributed by atoms with E-state index in [1.165, 1.54) is 0 Å². The van der Waals surface area contributed by atoms with Gasteiger partial charge in [-0.3, -0.25) is 4.79 Å². The number of methoxy groups -OCH3 is 2. The number of piperazine rings is 1. The van der Waals surface area contributed by atoms with Gasteiger partial charge in [0.15, 0.2) is 16.6 Å². The largest absolute Gasteiger partial charge is 0.493 e. The molecule has 0 aliphatic carbocycles. The van der Waals surface area contributed by atoms with Crippen molar-refractivity contribution in [3.05, 3.63) is 72.7 Å². The van der Waals surface area contributed by atoms with E-state index >= 15 is 0 Å².